The Kier molecular flexibility index (Phi) is 5.48. The van der Waals surface area contributed by atoms with Crippen LogP contribution in [0, 0.1) is 18.6 Å². The van der Waals surface area contributed by atoms with Gasteiger partial charge in [-0.2, -0.15) is 0 Å². The SMILES string of the molecule is CCNC(Cc1cc(F)ccc1C)c1cccc(F)c1Br. The molecule has 2 aromatic carbocycles. The van der Waals surface area contributed by atoms with Crippen LogP contribution in [0.5, 0.6) is 0 Å². The molecule has 0 radical (unpaired) electrons. The van der Waals surface area contributed by atoms with E-state index in [9.17, 15) is 8.78 Å². The van der Waals surface area contributed by atoms with Crippen molar-refractivity contribution in [2.24, 2.45) is 0 Å². The van der Waals surface area contributed by atoms with Crippen LogP contribution in [0.2, 0.25) is 0 Å². The molecule has 0 aliphatic carbocycles. The molecule has 0 fully saturated rings. The molecule has 0 aromatic heterocycles. The lowest BCUT2D eigenvalue weighted by Crippen LogP contribution is -2.24. The van der Waals surface area contributed by atoms with Gasteiger partial charge < -0.3 is 5.32 Å². The summed E-state index contributed by atoms with van der Waals surface area (Å²) in [6.07, 6.45) is 0.611. The van der Waals surface area contributed by atoms with E-state index in [2.05, 4.69) is 21.2 Å². The normalized spacial score (nSPS) is 12.4. The second kappa shape index (κ2) is 7.14. The number of likely N-dealkylation sites (N-methyl/N-ethyl adjacent to an activating group) is 1. The van der Waals surface area contributed by atoms with Crippen molar-refractivity contribution in [1.82, 2.24) is 5.32 Å². The molecule has 1 unspecified atom stereocenters. The third kappa shape index (κ3) is 3.89. The first kappa shape index (κ1) is 16.1. The van der Waals surface area contributed by atoms with Crippen LogP contribution in [0.4, 0.5) is 8.78 Å². The maximum absolute atomic E-state index is 13.7. The number of halogens is 3. The zero-order valence-electron chi connectivity index (χ0n) is 12.1. The number of benzene rings is 2. The van der Waals surface area contributed by atoms with Crippen LogP contribution in [0.1, 0.15) is 29.7 Å². The molecule has 0 aliphatic heterocycles. The zero-order chi connectivity index (χ0) is 15.4. The maximum atomic E-state index is 13.7. The molecule has 1 N–H and O–H groups in total. The Bertz CT molecular complexity index is 628. The van der Waals surface area contributed by atoms with Crippen molar-refractivity contribution in [2.45, 2.75) is 26.3 Å². The number of nitrogens with one attached hydrogen (secondary N) is 1. The van der Waals surface area contributed by atoms with Crippen LogP contribution in [0.15, 0.2) is 40.9 Å². The van der Waals surface area contributed by atoms with E-state index in [1.165, 1.54) is 12.1 Å². The number of rotatable bonds is 5. The second-order valence-electron chi connectivity index (χ2n) is 5.03. The summed E-state index contributed by atoms with van der Waals surface area (Å²) in [4.78, 5) is 0. The minimum absolute atomic E-state index is 0.0689. The van der Waals surface area contributed by atoms with Crippen molar-refractivity contribution in [3.8, 4) is 0 Å². The summed E-state index contributed by atoms with van der Waals surface area (Å²) in [6, 6.07) is 9.71. The summed E-state index contributed by atoms with van der Waals surface area (Å²) in [5.74, 6) is -0.532. The molecule has 112 valence electrons. The zero-order valence-corrected chi connectivity index (χ0v) is 13.7. The predicted octanol–water partition coefficient (Wildman–Crippen LogP) is 4.93. The first-order valence-corrected chi connectivity index (χ1v) is 7.74. The van der Waals surface area contributed by atoms with Crippen LogP contribution in [0.3, 0.4) is 0 Å². The first-order chi connectivity index (χ1) is 10.0. The van der Waals surface area contributed by atoms with E-state index in [1.54, 1.807) is 18.2 Å². The van der Waals surface area contributed by atoms with Crippen molar-refractivity contribution in [3.05, 3.63) is 69.2 Å². The van der Waals surface area contributed by atoms with Crippen LogP contribution >= 0.6 is 15.9 Å². The summed E-state index contributed by atoms with van der Waals surface area (Å²) in [5, 5.41) is 3.34. The highest BCUT2D eigenvalue weighted by Crippen LogP contribution is 2.29. The molecule has 21 heavy (non-hydrogen) atoms. The highest BCUT2D eigenvalue weighted by atomic mass is 79.9. The van der Waals surface area contributed by atoms with Gasteiger partial charge in [-0.3, -0.25) is 0 Å². The van der Waals surface area contributed by atoms with Crippen LogP contribution in [-0.4, -0.2) is 6.54 Å². The lowest BCUT2D eigenvalue weighted by Gasteiger charge is -2.21. The maximum Gasteiger partial charge on any atom is 0.137 e. The standard InChI is InChI=1S/C17H18BrF2N/c1-3-21-16(14-5-4-6-15(20)17(14)18)10-12-9-13(19)8-7-11(12)2/h4-9,16,21H,3,10H2,1-2H3. The summed E-state index contributed by atoms with van der Waals surface area (Å²) in [5.41, 5.74) is 2.81. The Balaban J connectivity index is 2.35. The average Bonchev–Trinajstić information content (AvgIpc) is 2.45. The quantitative estimate of drug-likeness (QED) is 0.803. The van der Waals surface area contributed by atoms with E-state index in [1.807, 2.05) is 19.9 Å². The van der Waals surface area contributed by atoms with E-state index in [-0.39, 0.29) is 17.7 Å². The van der Waals surface area contributed by atoms with Crippen LogP contribution in [0.25, 0.3) is 0 Å². The lowest BCUT2D eigenvalue weighted by molar-refractivity contribution is 0.535. The highest BCUT2D eigenvalue weighted by Gasteiger charge is 2.17. The minimum Gasteiger partial charge on any atom is -0.310 e. The van der Waals surface area contributed by atoms with Crippen molar-refractivity contribution in [3.63, 3.8) is 0 Å². The average molecular weight is 354 g/mol. The fraction of sp³-hybridized carbons (Fsp3) is 0.294. The van der Waals surface area contributed by atoms with Gasteiger partial charge in [0.2, 0.25) is 0 Å². The van der Waals surface area contributed by atoms with Crippen LogP contribution in [-0.2, 0) is 6.42 Å². The molecule has 0 amide bonds. The lowest BCUT2D eigenvalue weighted by atomic mass is 9.96. The molecule has 0 saturated heterocycles. The Labute approximate surface area is 132 Å². The van der Waals surface area contributed by atoms with Gasteiger partial charge in [0.1, 0.15) is 11.6 Å². The topological polar surface area (TPSA) is 12.0 Å². The van der Waals surface area contributed by atoms with Crippen molar-refractivity contribution in [2.75, 3.05) is 6.54 Å². The molecule has 0 spiro atoms. The van der Waals surface area contributed by atoms with Crippen molar-refractivity contribution >= 4 is 15.9 Å². The van der Waals surface area contributed by atoms with Crippen molar-refractivity contribution in [1.29, 1.82) is 0 Å². The smallest absolute Gasteiger partial charge is 0.137 e. The predicted molar refractivity (Wildman–Crippen MR) is 85.4 cm³/mol. The highest BCUT2D eigenvalue weighted by molar-refractivity contribution is 9.10. The van der Waals surface area contributed by atoms with E-state index in [4.69, 9.17) is 0 Å². The molecule has 2 rings (SSSR count). The second-order valence-corrected chi connectivity index (χ2v) is 5.82. The third-order valence-corrected chi connectivity index (χ3v) is 4.38. The molecule has 0 aliphatic rings. The van der Waals surface area contributed by atoms with Crippen molar-refractivity contribution < 1.29 is 8.78 Å². The van der Waals surface area contributed by atoms with Gasteiger partial charge in [0.05, 0.1) is 4.47 Å². The molecule has 0 saturated carbocycles. The number of aryl methyl sites for hydroxylation is 1. The molecular formula is C17H18BrF2N. The van der Waals surface area contributed by atoms with Gasteiger partial charge in [0.15, 0.2) is 0 Å². The van der Waals surface area contributed by atoms with Gasteiger partial charge in [0, 0.05) is 6.04 Å². The summed E-state index contributed by atoms with van der Waals surface area (Å²) in [7, 11) is 0. The van der Waals surface area contributed by atoms with Gasteiger partial charge in [0.25, 0.3) is 0 Å². The molecule has 0 heterocycles. The summed E-state index contributed by atoms with van der Waals surface area (Å²) >= 11 is 3.31. The summed E-state index contributed by atoms with van der Waals surface area (Å²) < 4.78 is 27.6. The van der Waals surface area contributed by atoms with Gasteiger partial charge in [-0.05, 0) is 70.7 Å². The van der Waals surface area contributed by atoms with Gasteiger partial charge in [-0.1, -0.05) is 25.1 Å². The molecule has 1 nitrogen and oxygen atoms in total. The van der Waals surface area contributed by atoms with E-state index in [0.29, 0.717) is 10.9 Å². The van der Waals surface area contributed by atoms with Gasteiger partial charge >= 0.3 is 0 Å². The molecule has 0 bridgehead atoms. The van der Waals surface area contributed by atoms with E-state index < -0.39 is 0 Å². The molecule has 4 heteroatoms. The summed E-state index contributed by atoms with van der Waals surface area (Å²) in [6.45, 7) is 4.71. The van der Waals surface area contributed by atoms with Crippen LogP contribution < -0.4 is 5.32 Å². The molecular weight excluding hydrogens is 336 g/mol. The molecule has 2 aromatic rings. The Morgan fingerprint density at radius 1 is 1.19 bits per heavy atom. The van der Waals surface area contributed by atoms with Gasteiger partial charge in [-0.15, -0.1) is 0 Å². The van der Waals surface area contributed by atoms with Gasteiger partial charge in [-0.25, -0.2) is 8.78 Å². The Morgan fingerprint density at radius 2 is 1.95 bits per heavy atom. The number of hydrogen-bond donors (Lipinski definition) is 1. The minimum atomic E-state index is -0.286. The van der Waals surface area contributed by atoms with E-state index >= 15 is 0 Å². The monoisotopic (exact) mass is 353 g/mol. The Hall–Kier alpha value is -1.26. The largest absolute Gasteiger partial charge is 0.310 e. The Morgan fingerprint density at radius 3 is 2.67 bits per heavy atom. The molecule has 1 atom stereocenters. The fourth-order valence-electron chi connectivity index (χ4n) is 2.41. The number of hydrogen-bond acceptors (Lipinski definition) is 1. The fourth-order valence-corrected chi connectivity index (χ4v) is 2.95. The third-order valence-electron chi connectivity index (χ3n) is 3.54. The first-order valence-electron chi connectivity index (χ1n) is 6.95. The van der Waals surface area contributed by atoms with E-state index in [0.717, 1.165) is 23.2 Å².